The molecule has 0 aliphatic heterocycles. The fourth-order valence-corrected chi connectivity index (χ4v) is 4.13. The van der Waals surface area contributed by atoms with E-state index in [1.165, 1.54) is 7.11 Å². The van der Waals surface area contributed by atoms with Crippen LogP contribution in [0, 0.1) is 5.92 Å². The van der Waals surface area contributed by atoms with Gasteiger partial charge in [0, 0.05) is 26.3 Å². The van der Waals surface area contributed by atoms with E-state index in [0.717, 1.165) is 43.2 Å². The van der Waals surface area contributed by atoms with Crippen molar-refractivity contribution >= 4 is 17.9 Å². The van der Waals surface area contributed by atoms with Gasteiger partial charge in [0.1, 0.15) is 18.4 Å². The van der Waals surface area contributed by atoms with Gasteiger partial charge in [-0.25, -0.2) is 4.79 Å². The molecule has 0 spiro atoms. The van der Waals surface area contributed by atoms with Gasteiger partial charge in [-0.15, -0.1) is 0 Å². The minimum atomic E-state index is -0.579. The van der Waals surface area contributed by atoms with E-state index in [1.807, 2.05) is 24.3 Å². The third kappa shape index (κ3) is 7.08. The van der Waals surface area contributed by atoms with Gasteiger partial charge < -0.3 is 29.8 Å². The number of ether oxygens (including phenoxy) is 2. The molecule has 9 heteroatoms. The molecule has 3 N–H and O–H groups in total. The Bertz CT molecular complexity index is 967. The zero-order valence-corrected chi connectivity index (χ0v) is 19.7. The number of hydrogen-bond acceptors (Lipinski definition) is 6. The van der Waals surface area contributed by atoms with Crippen molar-refractivity contribution < 1.29 is 28.3 Å². The van der Waals surface area contributed by atoms with Crippen LogP contribution in [-0.4, -0.2) is 51.3 Å². The first-order valence-corrected chi connectivity index (χ1v) is 11.6. The molecular weight excluding hydrogens is 438 g/mol. The van der Waals surface area contributed by atoms with E-state index >= 15 is 0 Å². The van der Waals surface area contributed by atoms with Crippen LogP contribution < -0.4 is 16.0 Å². The summed E-state index contributed by atoms with van der Waals surface area (Å²) in [6.45, 7) is 0.797. The summed E-state index contributed by atoms with van der Waals surface area (Å²) >= 11 is 0. The van der Waals surface area contributed by atoms with Crippen LogP contribution in [0.2, 0.25) is 0 Å². The Balaban J connectivity index is 1.62. The normalized spacial score (nSPS) is 14.8. The molecule has 34 heavy (non-hydrogen) atoms. The second kappa shape index (κ2) is 12.8. The molecule has 1 aromatic carbocycles. The standard InChI is InChI=1S/C25H33N3O6/c1-26-24(30)22(18-8-4-3-5-9-18)28-23(29)21-12-11-20(34-21)19-10-6-7-17(15-19)16-27-25(31)33-14-13-32-2/h6-7,10-12,15,18,22H,3-5,8-9,13-14,16H2,1-2H3,(H,26,30)(H,27,31)(H,28,29)/t22-/m0/s1. The van der Waals surface area contributed by atoms with Crippen LogP contribution in [0.15, 0.2) is 40.8 Å². The first-order valence-electron chi connectivity index (χ1n) is 11.6. The van der Waals surface area contributed by atoms with Crippen LogP contribution in [0.1, 0.15) is 48.2 Å². The summed E-state index contributed by atoms with van der Waals surface area (Å²) < 4.78 is 15.6. The highest BCUT2D eigenvalue weighted by Gasteiger charge is 2.31. The average Bonchev–Trinajstić information content (AvgIpc) is 3.37. The fraction of sp³-hybridized carbons (Fsp3) is 0.480. The second-order valence-electron chi connectivity index (χ2n) is 8.31. The van der Waals surface area contributed by atoms with Gasteiger partial charge in [0.25, 0.3) is 5.91 Å². The number of amides is 3. The Kier molecular flexibility index (Phi) is 9.51. The summed E-state index contributed by atoms with van der Waals surface area (Å²) in [6, 6.07) is 10.2. The molecule has 1 atom stereocenters. The smallest absolute Gasteiger partial charge is 0.407 e. The van der Waals surface area contributed by atoms with Crippen molar-refractivity contribution in [2.75, 3.05) is 27.4 Å². The Morgan fingerprint density at radius 2 is 1.88 bits per heavy atom. The number of rotatable bonds is 10. The molecule has 184 valence electrons. The molecular formula is C25H33N3O6. The summed E-state index contributed by atoms with van der Waals surface area (Å²) in [4.78, 5) is 37.0. The summed E-state index contributed by atoms with van der Waals surface area (Å²) in [5.41, 5.74) is 1.61. The van der Waals surface area contributed by atoms with Crippen LogP contribution in [-0.2, 0) is 20.8 Å². The van der Waals surface area contributed by atoms with E-state index in [9.17, 15) is 14.4 Å². The SMILES string of the molecule is CNC(=O)[C@@H](NC(=O)c1ccc(-c2cccc(CNC(=O)OCCOC)c2)o1)C1CCCCC1. The van der Waals surface area contributed by atoms with Crippen molar-refractivity contribution in [2.24, 2.45) is 5.92 Å². The van der Waals surface area contributed by atoms with Gasteiger partial charge in [-0.1, -0.05) is 37.5 Å². The number of alkyl carbamates (subject to hydrolysis) is 1. The van der Waals surface area contributed by atoms with E-state index in [0.29, 0.717) is 12.4 Å². The lowest BCUT2D eigenvalue weighted by molar-refractivity contribution is -0.124. The molecule has 0 saturated heterocycles. The summed E-state index contributed by atoms with van der Waals surface area (Å²) in [5.74, 6) is 0.182. The Morgan fingerprint density at radius 3 is 2.62 bits per heavy atom. The van der Waals surface area contributed by atoms with E-state index < -0.39 is 18.0 Å². The van der Waals surface area contributed by atoms with Gasteiger partial charge >= 0.3 is 6.09 Å². The maximum absolute atomic E-state index is 12.9. The van der Waals surface area contributed by atoms with Gasteiger partial charge in [0.2, 0.25) is 5.91 Å². The van der Waals surface area contributed by atoms with Crippen molar-refractivity contribution in [1.29, 1.82) is 0 Å². The van der Waals surface area contributed by atoms with Crippen molar-refractivity contribution in [2.45, 2.75) is 44.7 Å². The fourth-order valence-electron chi connectivity index (χ4n) is 4.13. The summed E-state index contributed by atoms with van der Waals surface area (Å²) in [6.07, 6.45) is 4.61. The maximum Gasteiger partial charge on any atom is 0.407 e. The van der Waals surface area contributed by atoms with Gasteiger partial charge in [-0.2, -0.15) is 0 Å². The van der Waals surface area contributed by atoms with Gasteiger partial charge in [-0.3, -0.25) is 9.59 Å². The van der Waals surface area contributed by atoms with E-state index in [-0.39, 0.29) is 30.7 Å². The van der Waals surface area contributed by atoms with Gasteiger partial charge in [0.05, 0.1) is 6.61 Å². The Hall–Kier alpha value is -3.33. The molecule has 1 heterocycles. The van der Waals surface area contributed by atoms with Crippen molar-refractivity contribution in [1.82, 2.24) is 16.0 Å². The minimum absolute atomic E-state index is 0.123. The number of nitrogens with one attached hydrogen (secondary N) is 3. The molecule has 0 radical (unpaired) electrons. The van der Waals surface area contributed by atoms with Crippen molar-refractivity contribution in [3.63, 3.8) is 0 Å². The van der Waals surface area contributed by atoms with E-state index in [1.54, 1.807) is 19.2 Å². The lowest BCUT2D eigenvalue weighted by Gasteiger charge is -2.29. The zero-order chi connectivity index (χ0) is 24.3. The number of carbonyl (C=O) groups is 3. The van der Waals surface area contributed by atoms with Crippen LogP contribution in [0.25, 0.3) is 11.3 Å². The highest BCUT2D eigenvalue weighted by molar-refractivity contribution is 5.96. The second-order valence-corrected chi connectivity index (χ2v) is 8.31. The average molecular weight is 472 g/mol. The van der Waals surface area contributed by atoms with Crippen LogP contribution in [0.5, 0.6) is 0 Å². The van der Waals surface area contributed by atoms with Crippen LogP contribution in [0.4, 0.5) is 4.79 Å². The highest BCUT2D eigenvalue weighted by atomic mass is 16.6. The maximum atomic E-state index is 12.9. The Labute approximate surface area is 199 Å². The molecule has 9 nitrogen and oxygen atoms in total. The molecule has 1 fully saturated rings. The first-order chi connectivity index (χ1) is 16.5. The predicted molar refractivity (Wildman–Crippen MR) is 126 cm³/mol. The monoisotopic (exact) mass is 471 g/mol. The number of hydrogen-bond donors (Lipinski definition) is 3. The van der Waals surface area contributed by atoms with E-state index in [4.69, 9.17) is 13.9 Å². The number of carbonyl (C=O) groups excluding carboxylic acids is 3. The number of benzene rings is 1. The predicted octanol–water partition coefficient (Wildman–Crippen LogP) is 3.24. The lowest BCUT2D eigenvalue weighted by Crippen LogP contribution is -2.50. The summed E-state index contributed by atoms with van der Waals surface area (Å²) in [7, 11) is 3.12. The minimum Gasteiger partial charge on any atom is -0.451 e. The lowest BCUT2D eigenvalue weighted by atomic mass is 9.83. The first kappa shape index (κ1) is 25.3. The number of likely N-dealkylation sites (N-methyl/N-ethyl adjacent to an activating group) is 1. The molecule has 0 bridgehead atoms. The van der Waals surface area contributed by atoms with Crippen molar-refractivity contribution in [3.8, 4) is 11.3 Å². The Morgan fingerprint density at radius 1 is 1.09 bits per heavy atom. The molecule has 3 rings (SSSR count). The molecule has 1 aliphatic rings. The highest BCUT2D eigenvalue weighted by Crippen LogP contribution is 2.27. The summed E-state index contributed by atoms with van der Waals surface area (Å²) in [5, 5.41) is 8.21. The third-order valence-electron chi connectivity index (χ3n) is 5.94. The quantitative estimate of drug-likeness (QED) is 0.458. The number of furan rings is 1. The van der Waals surface area contributed by atoms with E-state index in [2.05, 4.69) is 16.0 Å². The van der Waals surface area contributed by atoms with Crippen LogP contribution >= 0.6 is 0 Å². The number of methoxy groups -OCH3 is 1. The molecule has 3 amide bonds. The third-order valence-corrected chi connectivity index (χ3v) is 5.94. The topological polar surface area (TPSA) is 119 Å². The molecule has 1 saturated carbocycles. The van der Waals surface area contributed by atoms with Gasteiger partial charge in [0.15, 0.2) is 5.76 Å². The molecule has 2 aromatic rings. The van der Waals surface area contributed by atoms with Crippen LogP contribution in [0.3, 0.4) is 0 Å². The molecule has 1 aliphatic carbocycles. The molecule has 1 aromatic heterocycles. The van der Waals surface area contributed by atoms with Gasteiger partial charge in [-0.05, 0) is 42.5 Å². The molecule has 0 unspecified atom stereocenters. The largest absolute Gasteiger partial charge is 0.451 e. The zero-order valence-electron chi connectivity index (χ0n) is 19.7. The van der Waals surface area contributed by atoms with Crippen molar-refractivity contribution in [3.05, 3.63) is 47.7 Å².